The summed E-state index contributed by atoms with van der Waals surface area (Å²) < 4.78 is 0. The molecular formula is C22H24ClN5. The first-order chi connectivity index (χ1) is 13.6. The highest BCUT2D eigenvalue weighted by Crippen LogP contribution is 2.25. The summed E-state index contributed by atoms with van der Waals surface area (Å²) in [7, 11) is 4.08. The van der Waals surface area contributed by atoms with Gasteiger partial charge in [0.1, 0.15) is 5.82 Å². The lowest BCUT2D eigenvalue weighted by molar-refractivity contribution is 0.646. The number of benzene rings is 2. The Hall–Kier alpha value is -2.79. The fourth-order valence-electron chi connectivity index (χ4n) is 3.44. The zero-order valence-corrected chi connectivity index (χ0v) is 17.0. The van der Waals surface area contributed by atoms with Gasteiger partial charge in [-0.1, -0.05) is 29.8 Å². The minimum Gasteiger partial charge on any atom is -0.378 e. The third-order valence-electron chi connectivity index (χ3n) is 5.08. The lowest BCUT2D eigenvalue weighted by Crippen LogP contribution is -2.46. The van der Waals surface area contributed by atoms with Crippen LogP contribution in [-0.4, -0.2) is 50.2 Å². The van der Waals surface area contributed by atoms with E-state index < -0.39 is 0 Å². The molecule has 0 atom stereocenters. The van der Waals surface area contributed by atoms with Crippen LogP contribution in [0.4, 0.5) is 17.2 Å². The van der Waals surface area contributed by atoms with Crippen LogP contribution in [0.15, 0.2) is 60.9 Å². The molecule has 0 N–H and O–H groups in total. The van der Waals surface area contributed by atoms with Crippen LogP contribution in [0.2, 0.25) is 5.02 Å². The van der Waals surface area contributed by atoms with E-state index in [0.717, 1.165) is 48.3 Å². The zero-order valence-electron chi connectivity index (χ0n) is 16.2. The van der Waals surface area contributed by atoms with Crippen molar-refractivity contribution >= 4 is 28.8 Å². The topological polar surface area (TPSA) is 35.5 Å². The highest BCUT2D eigenvalue weighted by Gasteiger charge is 2.19. The van der Waals surface area contributed by atoms with E-state index in [1.165, 1.54) is 11.4 Å². The van der Waals surface area contributed by atoms with E-state index in [1.807, 2.05) is 44.7 Å². The van der Waals surface area contributed by atoms with Gasteiger partial charge in [-0.25, -0.2) is 4.98 Å². The van der Waals surface area contributed by atoms with Crippen LogP contribution in [0.1, 0.15) is 0 Å². The third kappa shape index (κ3) is 4.04. The van der Waals surface area contributed by atoms with Crippen molar-refractivity contribution in [3.05, 3.63) is 65.9 Å². The SMILES string of the molecule is CN(C)c1ccc(-c2cncc(N3CCN(c4cccc(Cl)c4)CC3)n2)cc1. The molecule has 1 fully saturated rings. The fraction of sp³-hybridized carbons (Fsp3) is 0.273. The molecule has 1 aromatic heterocycles. The Morgan fingerprint density at radius 3 is 2.29 bits per heavy atom. The Kier molecular flexibility index (Phi) is 5.35. The number of hydrogen-bond acceptors (Lipinski definition) is 5. The molecule has 5 nitrogen and oxygen atoms in total. The summed E-state index contributed by atoms with van der Waals surface area (Å²) in [5, 5.41) is 0.777. The second-order valence-electron chi connectivity index (χ2n) is 7.16. The molecule has 1 saturated heterocycles. The average Bonchev–Trinajstić information content (AvgIpc) is 2.74. The van der Waals surface area contributed by atoms with Gasteiger partial charge in [-0.2, -0.15) is 0 Å². The lowest BCUT2D eigenvalue weighted by Gasteiger charge is -2.36. The molecule has 6 heteroatoms. The molecule has 28 heavy (non-hydrogen) atoms. The van der Waals surface area contributed by atoms with Crippen molar-refractivity contribution in [1.82, 2.24) is 9.97 Å². The molecule has 4 rings (SSSR count). The molecule has 0 bridgehead atoms. The number of hydrogen-bond donors (Lipinski definition) is 0. The van der Waals surface area contributed by atoms with Gasteiger partial charge in [0.15, 0.2) is 0 Å². The number of nitrogens with zero attached hydrogens (tertiary/aromatic N) is 5. The van der Waals surface area contributed by atoms with E-state index in [0.29, 0.717) is 0 Å². The Bertz CT molecular complexity index is 934. The van der Waals surface area contributed by atoms with Crippen molar-refractivity contribution in [1.29, 1.82) is 0 Å². The highest BCUT2D eigenvalue weighted by molar-refractivity contribution is 6.30. The number of rotatable bonds is 4. The van der Waals surface area contributed by atoms with Gasteiger partial charge in [0.25, 0.3) is 0 Å². The maximum absolute atomic E-state index is 6.13. The molecule has 0 aliphatic carbocycles. The van der Waals surface area contributed by atoms with E-state index in [9.17, 15) is 0 Å². The Morgan fingerprint density at radius 1 is 0.893 bits per heavy atom. The van der Waals surface area contributed by atoms with E-state index in [4.69, 9.17) is 16.6 Å². The minimum absolute atomic E-state index is 0.777. The molecule has 0 spiro atoms. The molecule has 1 aliphatic heterocycles. The van der Waals surface area contributed by atoms with Gasteiger partial charge in [-0.15, -0.1) is 0 Å². The van der Waals surface area contributed by atoms with Crippen molar-refractivity contribution in [3.63, 3.8) is 0 Å². The summed E-state index contributed by atoms with van der Waals surface area (Å²) in [6, 6.07) is 16.4. The predicted molar refractivity (Wildman–Crippen MR) is 118 cm³/mol. The second kappa shape index (κ2) is 8.07. The molecule has 0 amide bonds. The van der Waals surface area contributed by atoms with Crippen LogP contribution < -0.4 is 14.7 Å². The van der Waals surface area contributed by atoms with Gasteiger partial charge in [-0.05, 0) is 30.3 Å². The van der Waals surface area contributed by atoms with Crippen molar-refractivity contribution in [2.45, 2.75) is 0 Å². The number of aromatic nitrogens is 2. The van der Waals surface area contributed by atoms with E-state index in [2.05, 4.69) is 50.0 Å². The molecule has 0 saturated carbocycles. The van der Waals surface area contributed by atoms with E-state index >= 15 is 0 Å². The molecule has 0 radical (unpaired) electrons. The van der Waals surface area contributed by atoms with Crippen LogP contribution in [0.3, 0.4) is 0 Å². The third-order valence-corrected chi connectivity index (χ3v) is 5.31. The second-order valence-corrected chi connectivity index (χ2v) is 7.59. The standard InChI is InChI=1S/C22H24ClN5/c1-26(2)19-8-6-17(7-9-19)21-15-24-16-22(25-21)28-12-10-27(11-13-28)20-5-3-4-18(23)14-20/h3-9,14-16H,10-13H2,1-2H3. The van der Waals surface area contributed by atoms with E-state index in [1.54, 1.807) is 0 Å². The first-order valence-electron chi connectivity index (χ1n) is 9.45. The highest BCUT2D eigenvalue weighted by atomic mass is 35.5. The maximum atomic E-state index is 6.13. The number of piperazine rings is 1. The van der Waals surface area contributed by atoms with Crippen LogP contribution in [-0.2, 0) is 0 Å². The van der Waals surface area contributed by atoms with Crippen molar-refractivity contribution in [3.8, 4) is 11.3 Å². The van der Waals surface area contributed by atoms with Gasteiger partial charge in [0.05, 0.1) is 18.1 Å². The van der Waals surface area contributed by atoms with Gasteiger partial charge in [-0.3, -0.25) is 4.98 Å². The Balaban J connectivity index is 1.46. The quantitative estimate of drug-likeness (QED) is 0.664. The van der Waals surface area contributed by atoms with Crippen LogP contribution in [0, 0.1) is 0 Å². The molecule has 144 valence electrons. The smallest absolute Gasteiger partial charge is 0.147 e. The number of anilines is 3. The first-order valence-corrected chi connectivity index (χ1v) is 9.83. The zero-order chi connectivity index (χ0) is 19.5. The minimum atomic E-state index is 0.777. The Morgan fingerprint density at radius 2 is 1.61 bits per heavy atom. The monoisotopic (exact) mass is 393 g/mol. The molecule has 2 aromatic carbocycles. The first kappa shape index (κ1) is 18.6. The fourth-order valence-corrected chi connectivity index (χ4v) is 3.63. The molecular weight excluding hydrogens is 370 g/mol. The van der Waals surface area contributed by atoms with Crippen molar-refractivity contribution in [2.24, 2.45) is 0 Å². The molecule has 2 heterocycles. The largest absolute Gasteiger partial charge is 0.378 e. The van der Waals surface area contributed by atoms with Crippen molar-refractivity contribution in [2.75, 3.05) is 55.0 Å². The maximum Gasteiger partial charge on any atom is 0.147 e. The molecule has 1 aliphatic rings. The Labute approximate surface area is 171 Å². The summed E-state index contributed by atoms with van der Waals surface area (Å²) in [6.07, 6.45) is 3.68. The summed E-state index contributed by atoms with van der Waals surface area (Å²) >= 11 is 6.13. The lowest BCUT2D eigenvalue weighted by atomic mass is 10.1. The van der Waals surface area contributed by atoms with Crippen LogP contribution in [0.25, 0.3) is 11.3 Å². The summed E-state index contributed by atoms with van der Waals surface area (Å²) in [6.45, 7) is 3.68. The average molecular weight is 394 g/mol. The van der Waals surface area contributed by atoms with Gasteiger partial charge < -0.3 is 14.7 Å². The predicted octanol–water partition coefficient (Wildman–Crippen LogP) is 4.19. The number of halogens is 1. The van der Waals surface area contributed by atoms with E-state index in [-0.39, 0.29) is 0 Å². The summed E-state index contributed by atoms with van der Waals surface area (Å²) in [5.74, 6) is 0.930. The van der Waals surface area contributed by atoms with Gasteiger partial charge in [0.2, 0.25) is 0 Å². The molecule has 0 unspecified atom stereocenters. The van der Waals surface area contributed by atoms with Crippen molar-refractivity contribution < 1.29 is 0 Å². The van der Waals surface area contributed by atoms with Crippen LogP contribution >= 0.6 is 11.6 Å². The van der Waals surface area contributed by atoms with Crippen LogP contribution in [0.5, 0.6) is 0 Å². The summed E-state index contributed by atoms with van der Waals surface area (Å²) in [4.78, 5) is 16.0. The van der Waals surface area contributed by atoms with Gasteiger partial charge in [0, 0.05) is 62.2 Å². The normalized spacial score (nSPS) is 14.2. The summed E-state index contributed by atoms with van der Waals surface area (Å²) in [5.41, 5.74) is 4.33. The van der Waals surface area contributed by atoms with Gasteiger partial charge >= 0.3 is 0 Å². The molecule has 3 aromatic rings.